The van der Waals surface area contributed by atoms with E-state index in [0.717, 1.165) is 11.3 Å². The van der Waals surface area contributed by atoms with Gasteiger partial charge in [0.2, 0.25) is 0 Å². The van der Waals surface area contributed by atoms with Gasteiger partial charge in [-0.3, -0.25) is 19.5 Å². The van der Waals surface area contributed by atoms with Gasteiger partial charge in [-0.15, -0.1) is 0 Å². The predicted octanol–water partition coefficient (Wildman–Crippen LogP) is 2.32. The minimum atomic E-state index is -0.913. The van der Waals surface area contributed by atoms with E-state index in [1.54, 1.807) is 32.0 Å². The van der Waals surface area contributed by atoms with Crippen molar-refractivity contribution in [1.82, 2.24) is 4.57 Å². The second-order valence-electron chi connectivity index (χ2n) is 7.34. The fraction of sp³-hybridized carbons (Fsp3) is 0.261. The first-order valence-corrected chi connectivity index (χ1v) is 11.3. The van der Waals surface area contributed by atoms with E-state index in [4.69, 9.17) is 18.6 Å². The Balaban J connectivity index is 1.99. The number of fused-ring (bicyclic) bond motifs is 1. The fourth-order valence-corrected chi connectivity index (χ4v) is 4.81. The van der Waals surface area contributed by atoms with Gasteiger partial charge in [-0.05, 0) is 38.1 Å². The van der Waals surface area contributed by atoms with Crippen molar-refractivity contribution < 1.29 is 28.3 Å². The van der Waals surface area contributed by atoms with Crippen LogP contribution in [0.5, 0.6) is 11.5 Å². The molecule has 12 heteroatoms. The molecule has 2 aromatic heterocycles. The van der Waals surface area contributed by atoms with Crippen LogP contribution in [0, 0.1) is 10.1 Å². The number of furan rings is 1. The fourth-order valence-electron chi connectivity index (χ4n) is 3.79. The molecule has 0 fully saturated rings. The number of carbonyl (C=O) groups excluding carboxylic acids is 1. The van der Waals surface area contributed by atoms with Crippen molar-refractivity contribution in [3.05, 3.63) is 82.7 Å². The third-order valence-corrected chi connectivity index (χ3v) is 6.30. The molecule has 1 atom stereocenters. The molecule has 0 bridgehead atoms. The first-order valence-electron chi connectivity index (χ1n) is 10.4. The number of aromatic nitrogens is 1. The molecule has 0 saturated carbocycles. The van der Waals surface area contributed by atoms with E-state index < -0.39 is 28.4 Å². The summed E-state index contributed by atoms with van der Waals surface area (Å²) in [6, 6.07) is 6.77. The molecule has 0 radical (unpaired) electrons. The quantitative estimate of drug-likeness (QED) is 0.275. The maximum atomic E-state index is 13.6. The average molecular weight is 500 g/mol. The Hall–Kier alpha value is -4.19. The van der Waals surface area contributed by atoms with E-state index in [0.29, 0.717) is 27.6 Å². The second-order valence-corrected chi connectivity index (χ2v) is 8.35. The van der Waals surface area contributed by atoms with Crippen molar-refractivity contribution in [3.63, 3.8) is 0 Å². The summed E-state index contributed by atoms with van der Waals surface area (Å²) in [6.07, 6.45) is 1.40. The summed E-state index contributed by atoms with van der Waals surface area (Å²) in [4.78, 5) is 41.7. The van der Waals surface area contributed by atoms with Gasteiger partial charge in [0, 0.05) is 11.6 Å². The highest BCUT2D eigenvalue weighted by Gasteiger charge is 2.35. The second kappa shape index (κ2) is 9.58. The summed E-state index contributed by atoms with van der Waals surface area (Å²) in [5.41, 5.74) is 0.619. The summed E-state index contributed by atoms with van der Waals surface area (Å²) >= 11 is 1.07. The lowest BCUT2D eigenvalue weighted by atomic mass is 9.95. The third kappa shape index (κ3) is 4.35. The van der Waals surface area contributed by atoms with Crippen molar-refractivity contribution >= 4 is 29.3 Å². The molecule has 0 spiro atoms. The Bertz CT molecular complexity index is 1530. The number of thiazole rings is 1. The summed E-state index contributed by atoms with van der Waals surface area (Å²) in [6.45, 7) is 3.49. The standard InChI is InChI=1S/C23H21N3O8S/c1-5-33-22(28)19-12(2)24-23-25(20(19)15-10-13(31-3)6-8-16(15)32-4)21(27)17(35-23)11-14-7-9-18(34-14)26(29)30/h6-11,20H,5H2,1-4H3. The number of nitrogens with zero attached hydrogens (tertiary/aromatic N) is 3. The van der Waals surface area contributed by atoms with Crippen molar-refractivity contribution in [3.8, 4) is 11.5 Å². The van der Waals surface area contributed by atoms with Gasteiger partial charge in [-0.2, -0.15) is 0 Å². The largest absolute Gasteiger partial charge is 0.497 e. The topological polar surface area (TPSA) is 135 Å². The molecule has 0 aliphatic carbocycles. The summed E-state index contributed by atoms with van der Waals surface area (Å²) in [5, 5.41) is 10.9. The zero-order valence-electron chi connectivity index (χ0n) is 19.3. The van der Waals surface area contributed by atoms with E-state index in [2.05, 4.69) is 4.99 Å². The molecule has 3 aromatic rings. The Labute approximate surface area is 202 Å². The predicted molar refractivity (Wildman–Crippen MR) is 125 cm³/mol. The first kappa shape index (κ1) is 24.0. The lowest BCUT2D eigenvalue weighted by Crippen LogP contribution is -2.40. The number of allylic oxidation sites excluding steroid dienone is 1. The molecule has 3 heterocycles. The molecule has 0 N–H and O–H groups in total. The van der Waals surface area contributed by atoms with Gasteiger partial charge in [-0.25, -0.2) is 9.79 Å². The van der Waals surface area contributed by atoms with E-state index >= 15 is 0 Å². The molecule has 1 unspecified atom stereocenters. The molecule has 11 nitrogen and oxygen atoms in total. The minimum Gasteiger partial charge on any atom is -0.497 e. The van der Waals surface area contributed by atoms with Gasteiger partial charge in [0.25, 0.3) is 5.56 Å². The maximum absolute atomic E-state index is 13.6. The van der Waals surface area contributed by atoms with Crippen LogP contribution in [0.1, 0.15) is 31.2 Å². The zero-order chi connectivity index (χ0) is 25.3. The number of carbonyl (C=O) groups is 1. The highest BCUT2D eigenvalue weighted by Crippen LogP contribution is 2.37. The highest BCUT2D eigenvalue weighted by atomic mass is 32.1. The Morgan fingerprint density at radius 1 is 1.29 bits per heavy atom. The molecule has 0 saturated heterocycles. The Morgan fingerprint density at radius 3 is 2.69 bits per heavy atom. The van der Waals surface area contributed by atoms with Gasteiger partial charge >= 0.3 is 11.9 Å². The van der Waals surface area contributed by atoms with E-state index in [-0.39, 0.29) is 22.5 Å². The van der Waals surface area contributed by atoms with Crippen LogP contribution in [-0.4, -0.2) is 36.3 Å². The lowest BCUT2D eigenvalue weighted by molar-refractivity contribution is -0.402. The zero-order valence-corrected chi connectivity index (χ0v) is 20.1. The van der Waals surface area contributed by atoms with Gasteiger partial charge in [-0.1, -0.05) is 11.3 Å². The number of rotatable bonds is 7. The SMILES string of the molecule is CCOC(=O)C1=C(C)N=c2sc(=Cc3ccc([N+](=O)[O-])o3)c(=O)n2C1c1cc(OC)ccc1OC. The van der Waals surface area contributed by atoms with Crippen LogP contribution in [-0.2, 0) is 9.53 Å². The highest BCUT2D eigenvalue weighted by molar-refractivity contribution is 7.07. The molecular weight excluding hydrogens is 478 g/mol. The number of hydrogen-bond donors (Lipinski definition) is 0. The normalized spacial score (nSPS) is 15.4. The average Bonchev–Trinajstić information content (AvgIpc) is 3.42. The number of esters is 1. The maximum Gasteiger partial charge on any atom is 0.433 e. The van der Waals surface area contributed by atoms with Crippen molar-refractivity contribution in [2.75, 3.05) is 20.8 Å². The Morgan fingerprint density at radius 2 is 2.06 bits per heavy atom. The van der Waals surface area contributed by atoms with Crippen LogP contribution in [0.15, 0.2) is 55.8 Å². The number of ether oxygens (including phenoxy) is 3. The molecule has 4 rings (SSSR count). The van der Waals surface area contributed by atoms with Gasteiger partial charge in [0.05, 0.1) is 42.7 Å². The van der Waals surface area contributed by atoms with E-state index in [1.165, 1.54) is 37.0 Å². The first-order chi connectivity index (χ1) is 16.8. The van der Waals surface area contributed by atoms with Crippen LogP contribution in [0.25, 0.3) is 6.08 Å². The monoisotopic (exact) mass is 499 g/mol. The van der Waals surface area contributed by atoms with Crippen LogP contribution in [0.2, 0.25) is 0 Å². The molecule has 35 heavy (non-hydrogen) atoms. The summed E-state index contributed by atoms with van der Waals surface area (Å²) in [7, 11) is 2.99. The third-order valence-electron chi connectivity index (χ3n) is 5.31. The molecule has 1 aliphatic rings. The number of hydrogen-bond acceptors (Lipinski definition) is 10. The van der Waals surface area contributed by atoms with Crippen LogP contribution in [0.3, 0.4) is 0 Å². The number of nitro groups is 1. The molecule has 0 amide bonds. The number of benzene rings is 1. The van der Waals surface area contributed by atoms with Crippen molar-refractivity contribution in [1.29, 1.82) is 0 Å². The molecule has 182 valence electrons. The van der Waals surface area contributed by atoms with Crippen molar-refractivity contribution in [2.24, 2.45) is 4.99 Å². The minimum absolute atomic E-state index is 0.138. The molecule has 1 aromatic carbocycles. The van der Waals surface area contributed by atoms with Crippen LogP contribution < -0.4 is 24.4 Å². The summed E-state index contributed by atoms with van der Waals surface area (Å²) < 4.78 is 23.0. The number of methoxy groups -OCH3 is 2. The van der Waals surface area contributed by atoms with Crippen LogP contribution in [0.4, 0.5) is 5.88 Å². The van der Waals surface area contributed by atoms with Crippen molar-refractivity contribution in [2.45, 2.75) is 19.9 Å². The van der Waals surface area contributed by atoms with Gasteiger partial charge in [0.15, 0.2) is 4.80 Å². The van der Waals surface area contributed by atoms with E-state index in [1.807, 2.05) is 0 Å². The smallest absolute Gasteiger partial charge is 0.433 e. The van der Waals surface area contributed by atoms with Gasteiger partial charge < -0.3 is 18.6 Å². The molecular formula is C23H21N3O8S. The summed E-state index contributed by atoms with van der Waals surface area (Å²) in [5.74, 6) is 0.0223. The lowest BCUT2D eigenvalue weighted by Gasteiger charge is -2.26. The van der Waals surface area contributed by atoms with E-state index in [9.17, 15) is 19.7 Å². The molecule has 1 aliphatic heterocycles. The van der Waals surface area contributed by atoms with Gasteiger partial charge in [0.1, 0.15) is 28.2 Å². The van der Waals surface area contributed by atoms with Crippen LogP contribution >= 0.6 is 11.3 Å². The Kier molecular flexibility index (Phi) is 6.56.